The molecule has 1 amide bonds. The van der Waals surface area contributed by atoms with Gasteiger partial charge in [0.1, 0.15) is 0 Å². The lowest BCUT2D eigenvalue weighted by molar-refractivity contribution is -0.137. The molecular formula is C16H10F3N3O. The Hall–Kier alpha value is -3.14. The molecule has 0 aliphatic heterocycles. The molecule has 0 atom stereocenters. The number of benzene rings is 2. The van der Waals surface area contributed by atoms with E-state index in [-0.39, 0.29) is 0 Å². The molecule has 0 aromatic heterocycles. The molecule has 0 unspecified atom stereocenters. The van der Waals surface area contributed by atoms with Gasteiger partial charge in [-0.1, -0.05) is 12.1 Å². The molecule has 0 fully saturated rings. The summed E-state index contributed by atoms with van der Waals surface area (Å²) < 4.78 is 37.2. The Kier molecular flexibility index (Phi) is 4.76. The van der Waals surface area contributed by atoms with Crippen LogP contribution in [-0.4, -0.2) is 12.1 Å². The fourth-order valence-electron chi connectivity index (χ4n) is 1.68. The van der Waals surface area contributed by atoms with Gasteiger partial charge < -0.3 is 0 Å². The van der Waals surface area contributed by atoms with Gasteiger partial charge in [-0.25, -0.2) is 5.43 Å². The first kappa shape index (κ1) is 16.2. The predicted octanol–water partition coefficient (Wildman–Crippen LogP) is 3.34. The van der Waals surface area contributed by atoms with E-state index < -0.39 is 17.6 Å². The van der Waals surface area contributed by atoms with E-state index >= 15 is 0 Å². The number of rotatable bonds is 3. The van der Waals surface area contributed by atoms with E-state index in [9.17, 15) is 18.0 Å². The standard InChI is InChI=1S/C16H10F3N3O/c17-16(18,19)14-7-3-12(4-8-14)10-21-22-15(23)13-5-1-11(9-20)2-6-13/h1-8,10H,(H,22,23)/b21-10-. The normalized spacial score (nSPS) is 11.2. The van der Waals surface area contributed by atoms with E-state index in [4.69, 9.17) is 5.26 Å². The van der Waals surface area contributed by atoms with Crippen LogP contribution in [0.4, 0.5) is 13.2 Å². The Morgan fingerprint density at radius 2 is 1.70 bits per heavy atom. The summed E-state index contributed by atoms with van der Waals surface area (Å²) in [4.78, 5) is 11.8. The van der Waals surface area contributed by atoms with Crippen molar-refractivity contribution < 1.29 is 18.0 Å². The SMILES string of the molecule is N#Cc1ccc(C(=O)N/N=C\c2ccc(C(F)(F)F)cc2)cc1. The monoisotopic (exact) mass is 317 g/mol. The molecule has 2 rings (SSSR count). The highest BCUT2D eigenvalue weighted by atomic mass is 19.4. The number of hydrogen-bond acceptors (Lipinski definition) is 3. The van der Waals surface area contributed by atoms with Crippen LogP contribution in [0.1, 0.15) is 27.0 Å². The van der Waals surface area contributed by atoms with Gasteiger partial charge >= 0.3 is 6.18 Å². The molecule has 0 aliphatic rings. The maximum Gasteiger partial charge on any atom is 0.416 e. The van der Waals surface area contributed by atoms with Crippen molar-refractivity contribution in [2.75, 3.05) is 0 Å². The van der Waals surface area contributed by atoms with Crippen molar-refractivity contribution in [1.29, 1.82) is 5.26 Å². The highest BCUT2D eigenvalue weighted by molar-refractivity contribution is 5.94. The zero-order valence-electron chi connectivity index (χ0n) is 11.6. The van der Waals surface area contributed by atoms with Crippen molar-refractivity contribution in [3.63, 3.8) is 0 Å². The molecular weight excluding hydrogens is 307 g/mol. The van der Waals surface area contributed by atoms with Crippen molar-refractivity contribution in [2.45, 2.75) is 6.18 Å². The first-order valence-corrected chi connectivity index (χ1v) is 6.41. The molecule has 7 heteroatoms. The number of alkyl halides is 3. The summed E-state index contributed by atoms with van der Waals surface area (Å²) in [5.74, 6) is -0.488. The fourth-order valence-corrected chi connectivity index (χ4v) is 1.68. The minimum absolute atomic E-state index is 0.313. The number of halogens is 3. The topological polar surface area (TPSA) is 65.2 Å². The van der Waals surface area contributed by atoms with Crippen LogP contribution >= 0.6 is 0 Å². The molecule has 0 bridgehead atoms. The summed E-state index contributed by atoms with van der Waals surface area (Å²) in [6.07, 6.45) is -3.15. The maximum atomic E-state index is 12.4. The summed E-state index contributed by atoms with van der Waals surface area (Å²) in [6, 6.07) is 12.2. The second kappa shape index (κ2) is 6.75. The molecule has 23 heavy (non-hydrogen) atoms. The van der Waals surface area contributed by atoms with Crippen molar-refractivity contribution in [3.05, 3.63) is 70.8 Å². The molecule has 0 saturated carbocycles. The molecule has 0 saturated heterocycles. The van der Waals surface area contributed by atoms with Gasteiger partial charge in [0, 0.05) is 5.56 Å². The number of amides is 1. The summed E-state index contributed by atoms with van der Waals surface area (Å²) in [5.41, 5.74) is 2.66. The largest absolute Gasteiger partial charge is 0.416 e. The first-order chi connectivity index (χ1) is 10.9. The van der Waals surface area contributed by atoms with Crippen LogP contribution in [0, 0.1) is 11.3 Å². The number of nitrogens with zero attached hydrogens (tertiary/aromatic N) is 2. The van der Waals surface area contributed by atoms with E-state index in [0.29, 0.717) is 16.7 Å². The van der Waals surface area contributed by atoms with Crippen LogP contribution < -0.4 is 5.43 Å². The predicted molar refractivity (Wildman–Crippen MR) is 77.7 cm³/mol. The Bertz CT molecular complexity index is 757. The summed E-state index contributed by atoms with van der Waals surface area (Å²) in [6.45, 7) is 0. The minimum Gasteiger partial charge on any atom is -0.267 e. The quantitative estimate of drug-likeness (QED) is 0.697. The molecule has 0 aliphatic carbocycles. The van der Waals surface area contributed by atoms with Gasteiger partial charge in [-0.2, -0.15) is 23.5 Å². The van der Waals surface area contributed by atoms with Gasteiger partial charge in [0.25, 0.3) is 5.91 Å². The minimum atomic E-state index is -4.39. The van der Waals surface area contributed by atoms with Crippen molar-refractivity contribution in [3.8, 4) is 6.07 Å². The lowest BCUT2D eigenvalue weighted by Gasteiger charge is -2.05. The summed E-state index contributed by atoms with van der Waals surface area (Å²) in [5, 5.41) is 12.3. The first-order valence-electron chi connectivity index (χ1n) is 6.41. The van der Waals surface area contributed by atoms with Crippen LogP contribution in [0.3, 0.4) is 0 Å². The smallest absolute Gasteiger partial charge is 0.267 e. The third kappa shape index (κ3) is 4.41. The second-order valence-corrected chi connectivity index (χ2v) is 4.51. The Morgan fingerprint density at radius 1 is 1.09 bits per heavy atom. The average molecular weight is 317 g/mol. The van der Waals surface area contributed by atoms with E-state index in [2.05, 4.69) is 10.5 Å². The average Bonchev–Trinajstić information content (AvgIpc) is 2.54. The summed E-state index contributed by atoms with van der Waals surface area (Å²) >= 11 is 0. The van der Waals surface area contributed by atoms with Crippen LogP contribution in [0.25, 0.3) is 0 Å². The van der Waals surface area contributed by atoms with Gasteiger partial charge in [-0.3, -0.25) is 4.79 Å². The number of nitrogens with one attached hydrogen (secondary N) is 1. The van der Waals surface area contributed by atoms with Crippen LogP contribution in [0.15, 0.2) is 53.6 Å². The van der Waals surface area contributed by atoms with Crippen molar-refractivity contribution in [2.24, 2.45) is 5.10 Å². The molecule has 0 radical (unpaired) electrons. The second-order valence-electron chi connectivity index (χ2n) is 4.51. The highest BCUT2D eigenvalue weighted by Gasteiger charge is 2.29. The zero-order valence-corrected chi connectivity index (χ0v) is 11.6. The van der Waals surface area contributed by atoms with Crippen molar-refractivity contribution >= 4 is 12.1 Å². The third-order valence-electron chi connectivity index (χ3n) is 2.89. The number of carbonyl (C=O) groups excluding carboxylic acids is 1. The fraction of sp³-hybridized carbons (Fsp3) is 0.0625. The molecule has 0 heterocycles. The van der Waals surface area contributed by atoms with Crippen LogP contribution in [0.5, 0.6) is 0 Å². The van der Waals surface area contributed by atoms with Crippen LogP contribution in [0.2, 0.25) is 0 Å². The van der Waals surface area contributed by atoms with Crippen LogP contribution in [-0.2, 0) is 6.18 Å². The number of carbonyl (C=O) groups is 1. The zero-order chi connectivity index (χ0) is 16.9. The molecule has 4 nitrogen and oxygen atoms in total. The summed E-state index contributed by atoms with van der Waals surface area (Å²) in [7, 11) is 0. The molecule has 116 valence electrons. The van der Waals surface area contributed by atoms with E-state index in [1.54, 1.807) is 0 Å². The van der Waals surface area contributed by atoms with E-state index in [0.717, 1.165) is 12.1 Å². The van der Waals surface area contributed by atoms with Gasteiger partial charge in [-0.05, 0) is 42.0 Å². The number of hydrazone groups is 1. The molecule has 1 N–H and O–H groups in total. The van der Waals surface area contributed by atoms with Gasteiger partial charge in [0.05, 0.1) is 23.4 Å². The van der Waals surface area contributed by atoms with Gasteiger partial charge in [-0.15, -0.1) is 0 Å². The molecule has 0 spiro atoms. The Balaban J connectivity index is 1.98. The highest BCUT2D eigenvalue weighted by Crippen LogP contribution is 2.28. The lowest BCUT2D eigenvalue weighted by atomic mass is 10.1. The van der Waals surface area contributed by atoms with Crippen molar-refractivity contribution in [1.82, 2.24) is 5.43 Å². The molecule has 2 aromatic rings. The Morgan fingerprint density at radius 3 is 2.22 bits per heavy atom. The van der Waals surface area contributed by atoms with E-state index in [1.165, 1.54) is 42.6 Å². The van der Waals surface area contributed by atoms with E-state index in [1.807, 2.05) is 6.07 Å². The maximum absolute atomic E-state index is 12.4. The molecule has 2 aromatic carbocycles. The number of nitriles is 1. The van der Waals surface area contributed by atoms with Gasteiger partial charge in [0.15, 0.2) is 0 Å². The Labute approximate surface area is 129 Å². The third-order valence-corrected chi connectivity index (χ3v) is 2.89. The number of hydrogen-bond donors (Lipinski definition) is 1. The lowest BCUT2D eigenvalue weighted by Crippen LogP contribution is -2.17. The van der Waals surface area contributed by atoms with Gasteiger partial charge in [0.2, 0.25) is 0 Å².